The Morgan fingerprint density at radius 3 is 2.43 bits per heavy atom. The number of carbonyl (C=O) groups excluding carboxylic acids is 1. The van der Waals surface area contributed by atoms with Crippen LogP contribution in [0.5, 0.6) is 0 Å². The number of hydrogen-bond donors (Lipinski definition) is 2. The highest BCUT2D eigenvalue weighted by Crippen LogP contribution is 2.37. The molecule has 0 bridgehead atoms. The van der Waals surface area contributed by atoms with Crippen LogP contribution in [0.4, 0.5) is 0 Å². The van der Waals surface area contributed by atoms with Crippen LogP contribution in [0.1, 0.15) is 19.8 Å². The normalized spacial score (nSPS) is 21.7. The first-order valence-electron chi connectivity index (χ1n) is 6.94. The Bertz CT molecular complexity index is 432. The lowest BCUT2D eigenvalue weighted by atomic mass is 10.1. The fraction of sp³-hybridized carbons (Fsp3) is 0.533. The van der Waals surface area contributed by atoms with Gasteiger partial charge in [-0.25, -0.2) is 0 Å². The van der Waals surface area contributed by atoms with E-state index < -0.39 is 11.6 Å². The third kappa shape index (κ3) is 3.46. The van der Waals surface area contributed by atoms with Crippen LogP contribution in [0, 0.1) is 0 Å². The zero-order valence-electron chi connectivity index (χ0n) is 12.4. The van der Waals surface area contributed by atoms with Gasteiger partial charge in [0.15, 0.2) is 5.76 Å². The minimum Gasteiger partial charge on any atom is -0.485 e. The Labute approximate surface area is 125 Å². The van der Waals surface area contributed by atoms with Crippen LogP contribution < -0.4 is 0 Å². The van der Waals surface area contributed by atoms with Crippen molar-refractivity contribution < 1.29 is 24.5 Å². The molecule has 6 nitrogen and oxygen atoms in total. The number of amides is 1. The van der Waals surface area contributed by atoms with E-state index in [1.165, 1.54) is 17.1 Å². The van der Waals surface area contributed by atoms with E-state index in [2.05, 4.69) is 13.2 Å². The van der Waals surface area contributed by atoms with E-state index in [1.54, 1.807) is 0 Å². The molecule has 0 aromatic carbocycles. The number of hydrogen-bond acceptors (Lipinski definition) is 5. The lowest BCUT2D eigenvalue weighted by molar-refractivity contribution is -0.151. The molecular formula is C15H23NO5. The van der Waals surface area contributed by atoms with Gasteiger partial charge in [-0.3, -0.25) is 4.79 Å². The predicted octanol–water partition coefficient (Wildman–Crippen LogP) is 0.926. The second-order valence-electron chi connectivity index (χ2n) is 4.60. The van der Waals surface area contributed by atoms with Gasteiger partial charge in [-0.1, -0.05) is 32.2 Å². The summed E-state index contributed by atoms with van der Waals surface area (Å²) < 4.78 is 10.8. The second kappa shape index (κ2) is 7.85. The summed E-state index contributed by atoms with van der Waals surface area (Å²) in [6.07, 6.45) is 3.61. The fourth-order valence-electron chi connectivity index (χ4n) is 2.20. The molecule has 0 fully saturated rings. The second-order valence-corrected chi connectivity index (χ2v) is 4.60. The molecule has 1 unspecified atom stereocenters. The Kier molecular flexibility index (Phi) is 6.45. The first-order valence-corrected chi connectivity index (χ1v) is 6.94. The molecule has 6 heteroatoms. The molecule has 1 amide bonds. The van der Waals surface area contributed by atoms with E-state index in [0.717, 1.165) is 0 Å². The van der Waals surface area contributed by atoms with E-state index in [-0.39, 0.29) is 37.8 Å². The summed E-state index contributed by atoms with van der Waals surface area (Å²) in [6, 6.07) is 0. The molecule has 118 valence electrons. The summed E-state index contributed by atoms with van der Waals surface area (Å²) in [5.74, 6) is -0.466. The lowest BCUT2D eigenvalue weighted by Gasteiger charge is -2.34. The summed E-state index contributed by atoms with van der Waals surface area (Å²) in [4.78, 5) is 13.7. The molecule has 1 aliphatic rings. The summed E-state index contributed by atoms with van der Waals surface area (Å²) in [7, 11) is 0. The topological polar surface area (TPSA) is 79.2 Å². The highest BCUT2D eigenvalue weighted by Gasteiger charge is 2.52. The van der Waals surface area contributed by atoms with Crippen LogP contribution >= 0.6 is 0 Å². The third-order valence-corrected chi connectivity index (χ3v) is 3.05. The molecule has 0 saturated carbocycles. The van der Waals surface area contributed by atoms with Gasteiger partial charge >= 0.3 is 0 Å². The van der Waals surface area contributed by atoms with Crippen molar-refractivity contribution in [2.24, 2.45) is 0 Å². The van der Waals surface area contributed by atoms with Crippen molar-refractivity contribution in [3.8, 4) is 0 Å². The van der Waals surface area contributed by atoms with Crippen molar-refractivity contribution in [1.82, 2.24) is 4.90 Å². The molecule has 1 rings (SSSR count). The summed E-state index contributed by atoms with van der Waals surface area (Å²) >= 11 is 0. The van der Waals surface area contributed by atoms with E-state index in [4.69, 9.17) is 9.47 Å². The maximum Gasteiger partial charge on any atom is 0.295 e. The van der Waals surface area contributed by atoms with E-state index in [9.17, 15) is 15.0 Å². The molecule has 1 heterocycles. The van der Waals surface area contributed by atoms with Gasteiger partial charge in [0.1, 0.15) is 13.2 Å². The lowest BCUT2D eigenvalue weighted by Crippen LogP contribution is -2.49. The average molecular weight is 297 g/mol. The zero-order chi connectivity index (χ0) is 15.9. The van der Waals surface area contributed by atoms with Crippen molar-refractivity contribution in [2.45, 2.75) is 25.5 Å². The van der Waals surface area contributed by atoms with E-state index in [0.29, 0.717) is 13.0 Å². The molecule has 0 aromatic heterocycles. The van der Waals surface area contributed by atoms with Crippen molar-refractivity contribution in [3.63, 3.8) is 0 Å². The highest BCUT2D eigenvalue weighted by atomic mass is 16.5. The summed E-state index contributed by atoms with van der Waals surface area (Å²) in [5.41, 5.74) is -1.69. The van der Waals surface area contributed by atoms with Crippen LogP contribution in [0.15, 0.2) is 36.8 Å². The molecule has 0 radical (unpaired) electrons. The molecular weight excluding hydrogens is 274 g/mol. The van der Waals surface area contributed by atoms with Crippen molar-refractivity contribution >= 4 is 5.91 Å². The molecule has 0 spiro atoms. The van der Waals surface area contributed by atoms with Gasteiger partial charge < -0.3 is 24.6 Å². The number of aliphatic hydroxyl groups is 2. The highest BCUT2D eigenvalue weighted by molar-refractivity contribution is 5.96. The maximum absolute atomic E-state index is 12.4. The molecule has 0 aromatic rings. The Morgan fingerprint density at radius 2 is 1.90 bits per heavy atom. The van der Waals surface area contributed by atoms with E-state index in [1.807, 2.05) is 6.92 Å². The molecule has 2 N–H and O–H groups in total. The van der Waals surface area contributed by atoms with Gasteiger partial charge in [0.2, 0.25) is 11.5 Å². The number of rotatable bonds is 10. The largest absolute Gasteiger partial charge is 0.485 e. The zero-order valence-corrected chi connectivity index (χ0v) is 12.4. The average Bonchev–Trinajstić information content (AvgIpc) is 2.65. The minimum absolute atomic E-state index is 0.0248. The third-order valence-electron chi connectivity index (χ3n) is 3.05. The van der Waals surface area contributed by atoms with Gasteiger partial charge in [-0.15, -0.1) is 0 Å². The van der Waals surface area contributed by atoms with Gasteiger partial charge in [-0.05, 0) is 6.42 Å². The van der Waals surface area contributed by atoms with E-state index >= 15 is 0 Å². The number of nitrogens with zero attached hydrogens (tertiary/aromatic N) is 1. The fourth-order valence-corrected chi connectivity index (χ4v) is 2.20. The molecule has 1 aliphatic heterocycles. The quantitative estimate of drug-likeness (QED) is 0.586. The van der Waals surface area contributed by atoms with Crippen LogP contribution in [-0.4, -0.2) is 53.1 Å². The van der Waals surface area contributed by atoms with Gasteiger partial charge in [-0.2, -0.15) is 0 Å². The summed E-state index contributed by atoms with van der Waals surface area (Å²) in [5, 5.41) is 20.0. The standard InChI is InChI=1S/C15H23NO5/c1-4-8-16-14(18)12(20-10-5-2)13(21-11-6-3)15(16,19)7-9-17/h5-6,17,19H,2-4,7-11H2,1H3. The number of carbonyl (C=O) groups is 1. The first kappa shape index (κ1) is 17.3. The first-order chi connectivity index (χ1) is 10.1. The molecule has 1 atom stereocenters. The number of ether oxygens (including phenoxy) is 2. The predicted molar refractivity (Wildman–Crippen MR) is 78.0 cm³/mol. The van der Waals surface area contributed by atoms with Crippen LogP contribution in [0.2, 0.25) is 0 Å². The van der Waals surface area contributed by atoms with Gasteiger partial charge in [0.05, 0.1) is 0 Å². The minimum atomic E-state index is -1.69. The van der Waals surface area contributed by atoms with Crippen molar-refractivity contribution in [3.05, 3.63) is 36.8 Å². The Balaban J connectivity index is 3.21. The van der Waals surface area contributed by atoms with Crippen LogP contribution in [-0.2, 0) is 14.3 Å². The monoisotopic (exact) mass is 297 g/mol. The van der Waals surface area contributed by atoms with Crippen LogP contribution in [0.3, 0.4) is 0 Å². The van der Waals surface area contributed by atoms with Crippen molar-refractivity contribution in [1.29, 1.82) is 0 Å². The maximum atomic E-state index is 12.4. The summed E-state index contributed by atoms with van der Waals surface area (Å²) in [6.45, 7) is 9.24. The van der Waals surface area contributed by atoms with Crippen LogP contribution in [0.25, 0.3) is 0 Å². The molecule has 21 heavy (non-hydrogen) atoms. The number of aliphatic hydroxyl groups excluding tert-OH is 1. The van der Waals surface area contributed by atoms with Crippen molar-refractivity contribution in [2.75, 3.05) is 26.4 Å². The molecule has 0 aliphatic carbocycles. The molecule has 0 saturated heterocycles. The Morgan fingerprint density at radius 1 is 1.29 bits per heavy atom. The van der Waals surface area contributed by atoms with Gasteiger partial charge in [0.25, 0.3) is 5.91 Å². The Hall–Kier alpha value is -1.79. The SMILES string of the molecule is C=CCOC1=C(OCC=C)C(O)(CCO)N(CCC)C1=O. The van der Waals surface area contributed by atoms with Gasteiger partial charge in [0, 0.05) is 19.6 Å². The smallest absolute Gasteiger partial charge is 0.295 e.